The van der Waals surface area contributed by atoms with Gasteiger partial charge < -0.3 is 10.6 Å². The van der Waals surface area contributed by atoms with Crippen molar-refractivity contribution in [2.24, 2.45) is 0 Å². The zero-order chi connectivity index (χ0) is 16.7. The van der Waals surface area contributed by atoms with E-state index in [0.717, 1.165) is 6.42 Å². The minimum atomic E-state index is -3.31. The number of hydrogen-bond acceptors (Lipinski definition) is 3. The molecule has 1 heterocycles. The van der Waals surface area contributed by atoms with Crippen LogP contribution < -0.4 is 10.6 Å². The summed E-state index contributed by atoms with van der Waals surface area (Å²) in [5.41, 5.74) is 3.29. The number of hydrogen-bond donors (Lipinski definition) is 2. The van der Waals surface area contributed by atoms with Crippen molar-refractivity contribution in [3.8, 4) is 0 Å². The lowest BCUT2D eigenvalue weighted by molar-refractivity contribution is 0.237. The van der Waals surface area contributed by atoms with E-state index in [1.54, 1.807) is 24.3 Å². The first-order chi connectivity index (χ1) is 11.5. The fraction of sp³-hybridized carbons (Fsp3) is 0.278. The summed E-state index contributed by atoms with van der Waals surface area (Å²) >= 11 is 0. The highest BCUT2D eigenvalue weighted by atomic mass is 32.2. The average molecular weight is 342 g/mol. The molecule has 2 aromatic rings. The van der Waals surface area contributed by atoms with Gasteiger partial charge in [-0.2, -0.15) is 0 Å². The largest absolute Gasteiger partial charge is 0.338 e. The molecule has 0 spiro atoms. The molecular formula is C18H18N2O3S. The highest BCUT2D eigenvalue weighted by Gasteiger charge is 2.35. The highest BCUT2D eigenvalue weighted by molar-refractivity contribution is 7.91. The minimum Gasteiger partial charge on any atom is -0.338 e. The molecule has 0 fully saturated rings. The first-order valence-corrected chi connectivity index (χ1v) is 9.64. The van der Waals surface area contributed by atoms with E-state index in [1.807, 2.05) is 12.1 Å². The van der Waals surface area contributed by atoms with Crippen molar-refractivity contribution in [1.29, 1.82) is 0 Å². The Morgan fingerprint density at radius 3 is 2.54 bits per heavy atom. The molecule has 124 valence electrons. The quantitative estimate of drug-likeness (QED) is 0.897. The van der Waals surface area contributed by atoms with Crippen LogP contribution in [0, 0.1) is 0 Å². The molecule has 0 saturated carbocycles. The number of carbonyl (C=O) groups excluding carboxylic acids is 1. The van der Waals surface area contributed by atoms with Gasteiger partial charge in [0.25, 0.3) is 0 Å². The molecule has 0 saturated heterocycles. The molecule has 2 N–H and O–H groups in total. The predicted molar refractivity (Wildman–Crippen MR) is 90.7 cm³/mol. The van der Waals surface area contributed by atoms with Gasteiger partial charge in [-0.05, 0) is 29.2 Å². The third kappa shape index (κ3) is 2.57. The number of sulfone groups is 1. The summed E-state index contributed by atoms with van der Waals surface area (Å²) in [6, 6.07) is 14.2. The zero-order valence-electron chi connectivity index (χ0n) is 13.0. The smallest absolute Gasteiger partial charge is 0.315 e. The molecule has 4 rings (SSSR count). The molecule has 2 amide bonds. The van der Waals surface area contributed by atoms with E-state index in [2.05, 4.69) is 22.8 Å². The van der Waals surface area contributed by atoms with Crippen LogP contribution in [0.5, 0.6) is 0 Å². The maximum Gasteiger partial charge on any atom is 0.315 e. The van der Waals surface area contributed by atoms with Crippen molar-refractivity contribution in [3.63, 3.8) is 0 Å². The molecule has 1 aliphatic heterocycles. The summed E-state index contributed by atoms with van der Waals surface area (Å²) in [5.74, 6) is 0.262. The number of amides is 2. The average Bonchev–Trinajstić information content (AvgIpc) is 2.79. The predicted octanol–water partition coefficient (Wildman–Crippen LogP) is 2.15. The van der Waals surface area contributed by atoms with E-state index < -0.39 is 15.9 Å². The minimum absolute atomic E-state index is 0.0774. The monoisotopic (exact) mass is 342 g/mol. The van der Waals surface area contributed by atoms with Crippen LogP contribution in [-0.4, -0.2) is 26.7 Å². The SMILES string of the molecule is O=C(NC[C@H]1Cc2ccccc21)N[C@H]1CS(=O)(=O)c2ccccc21. The molecule has 2 aliphatic rings. The third-order valence-corrected chi connectivity index (χ3v) is 6.61. The normalized spacial score (nSPS) is 22.8. The van der Waals surface area contributed by atoms with Gasteiger partial charge >= 0.3 is 6.03 Å². The molecule has 2 aromatic carbocycles. The van der Waals surface area contributed by atoms with Gasteiger partial charge in [0.15, 0.2) is 9.84 Å². The lowest BCUT2D eigenvalue weighted by Crippen LogP contribution is -2.41. The zero-order valence-corrected chi connectivity index (χ0v) is 13.8. The van der Waals surface area contributed by atoms with Crippen molar-refractivity contribution in [2.45, 2.75) is 23.3 Å². The van der Waals surface area contributed by atoms with Gasteiger partial charge in [-0.1, -0.05) is 42.5 Å². The fourth-order valence-electron chi connectivity index (χ4n) is 3.54. The number of nitrogens with one attached hydrogen (secondary N) is 2. The molecule has 6 heteroatoms. The Kier molecular flexibility index (Phi) is 3.57. The van der Waals surface area contributed by atoms with Crippen molar-refractivity contribution in [1.82, 2.24) is 10.6 Å². The van der Waals surface area contributed by atoms with Crippen molar-refractivity contribution in [3.05, 3.63) is 65.2 Å². The second kappa shape index (κ2) is 5.63. The molecular weight excluding hydrogens is 324 g/mol. The van der Waals surface area contributed by atoms with E-state index in [1.165, 1.54) is 11.1 Å². The van der Waals surface area contributed by atoms with E-state index in [9.17, 15) is 13.2 Å². The maximum absolute atomic E-state index is 12.2. The number of urea groups is 1. The van der Waals surface area contributed by atoms with Gasteiger partial charge in [0.05, 0.1) is 16.7 Å². The maximum atomic E-state index is 12.2. The van der Waals surface area contributed by atoms with Crippen LogP contribution >= 0.6 is 0 Å². The molecule has 1 aliphatic carbocycles. The van der Waals surface area contributed by atoms with Crippen molar-refractivity contribution >= 4 is 15.9 Å². The van der Waals surface area contributed by atoms with Crippen molar-refractivity contribution in [2.75, 3.05) is 12.3 Å². The van der Waals surface area contributed by atoms with Crippen LogP contribution in [0.2, 0.25) is 0 Å². The number of benzene rings is 2. The lowest BCUT2D eigenvalue weighted by Gasteiger charge is -2.30. The Morgan fingerprint density at radius 1 is 1.04 bits per heavy atom. The Labute approximate surface area is 141 Å². The Bertz CT molecular complexity index is 908. The second-order valence-corrected chi connectivity index (χ2v) is 8.33. The van der Waals surface area contributed by atoms with Crippen LogP contribution in [-0.2, 0) is 16.3 Å². The van der Waals surface area contributed by atoms with Gasteiger partial charge in [-0.25, -0.2) is 13.2 Å². The Morgan fingerprint density at radius 2 is 1.75 bits per heavy atom. The van der Waals surface area contributed by atoms with Crippen LogP contribution in [0.3, 0.4) is 0 Å². The molecule has 0 unspecified atom stereocenters. The van der Waals surface area contributed by atoms with E-state index in [-0.39, 0.29) is 11.8 Å². The van der Waals surface area contributed by atoms with Gasteiger partial charge in [-0.3, -0.25) is 0 Å². The molecule has 0 bridgehead atoms. The van der Waals surface area contributed by atoms with Crippen LogP contribution in [0.15, 0.2) is 53.4 Å². The van der Waals surface area contributed by atoms with Gasteiger partial charge in [0.2, 0.25) is 0 Å². The fourth-order valence-corrected chi connectivity index (χ4v) is 5.28. The highest BCUT2D eigenvalue weighted by Crippen LogP contribution is 2.34. The molecule has 2 atom stereocenters. The Hall–Kier alpha value is -2.34. The number of carbonyl (C=O) groups is 1. The summed E-state index contributed by atoms with van der Waals surface area (Å²) in [6.07, 6.45) is 0.969. The van der Waals surface area contributed by atoms with Gasteiger partial charge in [-0.15, -0.1) is 0 Å². The third-order valence-electron chi connectivity index (χ3n) is 4.79. The first kappa shape index (κ1) is 15.2. The van der Waals surface area contributed by atoms with E-state index in [4.69, 9.17) is 0 Å². The van der Waals surface area contributed by atoms with Gasteiger partial charge in [0, 0.05) is 12.5 Å². The molecule has 0 aromatic heterocycles. The number of fused-ring (bicyclic) bond motifs is 2. The summed E-state index contributed by atoms with van der Waals surface area (Å²) in [6.45, 7) is 0.559. The second-order valence-electron chi connectivity index (χ2n) is 6.33. The molecule has 24 heavy (non-hydrogen) atoms. The van der Waals surface area contributed by atoms with Crippen molar-refractivity contribution < 1.29 is 13.2 Å². The molecule has 0 radical (unpaired) electrons. The van der Waals surface area contributed by atoms with Crippen LogP contribution in [0.4, 0.5) is 4.79 Å². The Balaban J connectivity index is 1.38. The lowest BCUT2D eigenvalue weighted by atomic mass is 9.78. The van der Waals surface area contributed by atoms with Gasteiger partial charge in [0.1, 0.15) is 0 Å². The van der Waals surface area contributed by atoms with Crippen LogP contribution in [0.25, 0.3) is 0 Å². The van der Waals surface area contributed by atoms with E-state index >= 15 is 0 Å². The summed E-state index contributed by atoms with van der Waals surface area (Å²) in [4.78, 5) is 12.5. The summed E-state index contributed by atoms with van der Waals surface area (Å²) < 4.78 is 24.3. The van der Waals surface area contributed by atoms with Crippen LogP contribution in [0.1, 0.15) is 28.7 Å². The standard InChI is InChI=1S/C18H18N2O3S/c21-18(19-10-13-9-12-5-1-2-6-14(12)13)20-16-11-24(22,23)17-8-4-3-7-15(16)17/h1-8,13,16H,9-11H2,(H2,19,20,21)/t13-,16+/m1/s1. The van der Waals surface area contributed by atoms with E-state index in [0.29, 0.717) is 22.9 Å². The topological polar surface area (TPSA) is 75.3 Å². The first-order valence-electron chi connectivity index (χ1n) is 7.98. The number of rotatable bonds is 3. The summed E-state index contributed by atoms with van der Waals surface area (Å²) in [7, 11) is -3.31. The molecule has 5 nitrogen and oxygen atoms in total. The summed E-state index contributed by atoms with van der Waals surface area (Å²) in [5, 5.41) is 5.65.